The molecule has 1 aliphatic rings. The molecule has 0 spiro atoms. The summed E-state index contributed by atoms with van der Waals surface area (Å²) in [5.41, 5.74) is -1.67. The van der Waals surface area contributed by atoms with Crippen molar-refractivity contribution in [3.63, 3.8) is 0 Å². The summed E-state index contributed by atoms with van der Waals surface area (Å²) < 4.78 is 18.3. The summed E-state index contributed by atoms with van der Waals surface area (Å²) in [6.07, 6.45) is 3.31. The van der Waals surface area contributed by atoms with Crippen LogP contribution in [0.1, 0.15) is 39.0 Å². The molecule has 2 nitrogen and oxygen atoms in total. The minimum absolute atomic E-state index is 0.268. The minimum atomic E-state index is -1.67. The molecule has 0 aromatic carbocycles. The van der Waals surface area contributed by atoms with Crippen molar-refractivity contribution < 1.29 is 13.9 Å². The van der Waals surface area contributed by atoms with Crippen LogP contribution in [0.2, 0.25) is 0 Å². The van der Waals surface area contributed by atoms with Gasteiger partial charge in [0.1, 0.15) is 0 Å². The predicted octanol–water partition coefficient (Wildman–Crippen LogP) is 2.22. The standard InChI is InChI=1S/C9H15FO2/c1-2-12-8(11)9(10)6-4-3-5-7-9/h2-7H2,1H3. The van der Waals surface area contributed by atoms with E-state index in [2.05, 4.69) is 4.74 Å². The Morgan fingerprint density at radius 3 is 2.50 bits per heavy atom. The second-order valence-electron chi connectivity index (χ2n) is 3.25. The zero-order valence-electron chi connectivity index (χ0n) is 7.44. The second-order valence-corrected chi connectivity index (χ2v) is 3.25. The van der Waals surface area contributed by atoms with Crippen LogP contribution >= 0.6 is 0 Å². The van der Waals surface area contributed by atoms with Crippen molar-refractivity contribution in [1.82, 2.24) is 0 Å². The van der Waals surface area contributed by atoms with Crippen LogP contribution in [0.3, 0.4) is 0 Å². The van der Waals surface area contributed by atoms with Crippen molar-refractivity contribution >= 4 is 5.97 Å². The summed E-state index contributed by atoms with van der Waals surface area (Å²) >= 11 is 0. The van der Waals surface area contributed by atoms with Crippen LogP contribution in [0.25, 0.3) is 0 Å². The number of carbonyl (C=O) groups is 1. The number of ether oxygens (including phenoxy) is 1. The van der Waals surface area contributed by atoms with Gasteiger partial charge in [0.05, 0.1) is 6.61 Å². The Labute approximate surface area is 72.1 Å². The Hall–Kier alpha value is -0.600. The number of hydrogen-bond acceptors (Lipinski definition) is 2. The first-order valence-corrected chi connectivity index (χ1v) is 4.55. The SMILES string of the molecule is CCOC(=O)C1(F)CCCCC1. The highest BCUT2D eigenvalue weighted by Gasteiger charge is 2.40. The molecule has 3 heteroatoms. The van der Waals surface area contributed by atoms with E-state index in [0.29, 0.717) is 12.8 Å². The van der Waals surface area contributed by atoms with Gasteiger partial charge in [-0.05, 0) is 32.6 Å². The molecule has 0 saturated heterocycles. The lowest BCUT2D eigenvalue weighted by molar-refractivity contribution is -0.159. The van der Waals surface area contributed by atoms with Crippen LogP contribution in [0.4, 0.5) is 4.39 Å². The third-order valence-electron chi connectivity index (χ3n) is 2.29. The van der Waals surface area contributed by atoms with Gasteiger partial charge in [0.2, 0.25) is 5.67 Å². The first-order chi connectivity index (χ1) is 5.69. The maximum Gasteiger partial charge on any atom is 0.343 e. The molecular weight excluding hydrogens is 159 g/mol. The maximum absolute atomic E-state index is 13.7. The van der Waals surface area contributed by atoms with Gasteiger partial charge in [-0.15, -0.1) is 0 Å². The monoisotopic (exact) mass is 174 g/mol. The van der Waals surface area contributed by atoms with Gasteiger partial charge in [0, 0.05) is 0 Å². The van der Waals surface area contributed by atoms with E-state index in [4.69, 9.17) is 0 Å². The summed E-state index contributed by atoms with van der Waals surface area (Å²) in [6, 6.07) is 0. The molecule has 1 aliphatic carbocycles. The summed E-state index contributed by atoms with van der Waals surface area (Å²) in [5.74, 6) is -0.662. The highest BCUT2D eigenvalue weighted by Crippen LogP contribution is 2.32. The van der Waals surface area contributed by atoms with E-state index in [1.54, 1.807) is 6.92 Å². The first kappa shape index (κ1) is 9.49. The van der Waals surface area contributed by atoms with E-state index in [1.165, 1.54) is 0 Å². The van der Waals surface area contributed by atoms with Gasteiger partial charge in [0.25, 0.3) is 0 Å². The first-order valence-electron chi connectivity index (χ1n) is 4.55. The average molecular weight is 174 g/mol. The van der Waals surface area contributed by atoms with Gasteiger partial charge in [-0.2, -0.15) is 0 Å². The maximum atomic E-state index is 13.7. The van der Waals surface area contributed by atoms with E-state index in [-0.39, 0.29) is 6.61 Å². The van der Waals surface area contributed by atoms with Crippen molar-refractivity contribution in [1.29, 1.82) is 0 Å². The third-order valence-corrected chi connectivity index (χ3v) is 2.29. The van der Waals surface area contributed by atoms with Crippen molar-refractivity contribution in [2.45, 2.75) is 44.7 Å². The minimum Gasteiger partial charge on any atom is -0.464 e. The zero-order chi connectivity index (χ0) is 9.03. The van der Waals surface area contributed by atoms with Crippen LogP contribution in [0, 0.1) is 0 Å². The highest BCUT2D eigenvalue weighted by molar-refractivity contribution is 5.79. The summed E-state index contributed by atoms with van der Waals surface area (Å²) in [6.45, 7) is 1.97. The van der Waals surface area contributed by atoms with Gasteiger partial charge in [-0.1, -0.05) is 6.42 Å². The Morgan fingerprint density at radius 1 is 1.42 bits per heavy atom. The largest absolute Gasteiger partial charge is 0.464 e. The number of alkyl halides is 1. The molecule has 0 heterocycles. The van der Waals surface area contributed by atoms with E-state index >= 15 is 0 Å². The number of carbonyl (C=O) groups excluding carboxylic acids is 1. The fourth-order valence-corrected chi connectivity index (χ4v) is 1.58. The topological polar surface area (TPSA) is 26.3 Å². The molecule has 0 bridgehead atoms. The van der Waals surface area contributed by atoms with Crippen molar-refractivity contribution in [2.75, 3.05) is 6.61 Å². The van der Waals surface area contributed by atoms with Gasteiger partial charge in [-0.25, -0.2) is 9.18 Å². The highest BCUT2D eigenvalue weighted by atomic mass is 19.1. The molecule has 1 rings (SSSR count). The molecular formula is C9H15FO2. The molecule has 0 N–H and O–H groups in total. The molecule has 0 atom stereocenters. The number of hydrogen-bond donors (Lipinski definition) is 0. The number of esters is 1. The Morgan fingerprint density at radius 2 is 2.00 bits per heavy atom. The zero-order valence-corrected chi connectivity index (χ0v) is 7.44. The average Bonchev–Trinajstić information content (AvgIpc) is 2.06. The Bertz CT molecular complexity index is 162. The van der Waals surface area contributed by atoms with Crippen molar-refractivity contribution in [3.8, 4) is 0 Å². The quantitative estimate of drug-likeness (QED) is 0.600. The molecule has 0 unspecified atom stereocenters. The second kappa shape index (κ2) is 3.87. The van der Waals surface area contributed by atoms with Gasteiger partial charge >= 0.3 is 5.97 Å². The molecule has 0 radical (unpaired) electrons. The lowest BCUT2D eigenvalue weighted by Crippen LogP contribution is -2.37. The Balaban J connectivity index is 2.50. The lowest BCUT2D eigenvalue weighted by atomic mass is 9.86. The summed E-state index contributed by atoms with van der Waals surface area (Å²) in [4.78, 5) is 11.1. The van der Waals surface area contributed by atoms with Gasteiger partial charge in [0.15, 0.2) is 0 Å². The van der Waals surface area contributed by atoms with E-state index in [9.17, 15) is 9.18 Å². The van der Waals surface area contributed by atoms with Crippen LogP contribution in [-0.4, -0.2) is 18.2 Å². The van der Waals surface area contributed by atoms with E-state index < -0.39 is 11.6 Å². The number of rotatable bonds is 2. The van der Waals surface area contributed by atoms with Crippen LogP contribution in [0.5, 0.6) is 0 Å². The van der Waals surface area contributed by atoms with Crippen molar-refractivity contribution in [3.05, 3.63) is 0 Å². The molecule has 0 aromatic rings. The smallest absolute Gasteiger partial charge is 0.343 e. The van der Waals surface area contributed by atoms with Crippen molar-refractivity contribution in [2.24, 2.45) is 0 Å². The molecule has 70 valence electrons. The van der Waals surface area contributed by atoms with E-state index in [0.717, 1.165) is 19.3 Å². The fraction of sp³-hybridized carbons (Fsp3) is 0.889. The normalized spacial score (nSPS) is 21.8. The summed E-state index contributed by atoms with van der Waals surface area (Å²) in [5, 5.41) is 0. The predicted molar refractivity (Wildman–Crippen MR) is 43.6 cm³/mol. The molecule has 1 fully saturated rings. The summed E-state index contributed by atoms with van der Waals surface area (Å²) in [7, 11) is 0. The fourth-order valence-electron chi connectivity index (χ4n) is 1.58. The molecule has 0 amide bonds. The molecule has 0 aromatic heterocycles. The molecule has 1 saturated carbocycles. The lowest BCUT2D eigenvalue weighted by Gasteiger charge is -2.26. The van der Waals surface area contributed by atoms with Gasteiger partial charge < -0.3 is 4.74 Å². The molecule has 0 aliphatic heterocycles. The third kappa shape index (κ3) is 1.96. The van der Waals surface area contributed by atoms with Gasteiger partial charge in [-0.3, -0.25) is 0 Å². The van der Waals surface area contributed by atoms with Crippen LogP contribution in [0.15, 0.2) is 0 Å². The number of halogens is 1. The Kier molecular flexibility index (Phi) is 3.06. The van der Waals surface area contributed by atoms with E-state index in [1.807, 2.05) is 0 Å². The van der Waals surface area contributed by atoms with Crippen LogP contribution in [-0.2, 0) is 9.53 Å². The van der Waals surface area contributed by atoms with Crippen LogP contribution < -0.4 is 0 Å². The molecule has 12 heavy (non-hydrogen) atoms.